The smallest absolute Gasteiger partial charge is 0.257 e. The van der Waals surface area contributed by atoms with Gasteiger partial charge in [-0.2, -0.15) is 0 Å². The van der Waals surface area contributed by atoms with E-state index in [1.54, 1.807) is 23.5 Å². The lowest BCUT2D eigenvalue weighted by molar-refractivity contribution is 0.102. The number of hydrogen-bond acceptors (Lipinski definition) is 5. The van der Waals surface area contributed by atoms with Gasteiger partial charge in [0.1, 0.15) is 11.5 Å². The lowest BCUT2D eigenvalue weighted by atomic mass is 10.2. The van der Waals surface area contributed by atoms with Crippen molar-refractivity contribution in [3.63, 3.8) is 0 Å². The molecule has 0 radical (unpaired) electrons. The first-order valence-corrected chi connectivity index (χ1v) is 9.30. The van der Waals surface area contributed by atoms with Crippen LogP contribution in [-0.4, -0.2) is 29.4 Å². The first-order chi connectivity index (χ1) is 12.7. The molecule has 132 valence electrons. The summed E-state index contributed by atoms with van der Waals surface area (Å²) in [5.41, 5.74) is 1.65. The first-order valence-electron chi connectivity index (χ1n) is 8.49. The van der Waals surface area contributed by atoms with Crippen LogP contribution in [0.25, 0.3) is 0 Å². The van der Waals surface area contributed by atoms with Crippen LogP contribution >= 0.6 is 11.3 Å². The molecule has 6 heteroatoms. The summed E-state index contributed by atoms with van der Waals surface area (Å²) in [5, 5.41) is 3.57. The van der Waals surface area contributed by atoms with Gasteiger partial charge >= 0.3 is 0 Å². The van der Waals surface area contributed by atoms with E-state index in [1.807, 2.05) is 42.5 Å². The van der Waals surface area contributed by atoms with Gasteiger partial charge in [-0.15, -0.1) is 11.3 Å². The van der Waals surface area contributed by atoms with Gasteiger partial charge in [-0.25, -0.2) is 4.98 Å². The minimum absolute atomic E-state index is 0.178. The Balaban J connectivity index is 1.47. The number of nitrogens with one attached hydrogen (secondary N) is 1. The van der Waals surface area contributed by atoms with Crippen molar-refractivity contribution >= 4 is 22.4 Å². The van der Waals surface area contributed by atoms with Gasteiger partial charge in [-0.05, 0) is 37.4 Å². The van der Waals surface area contributed by atoms with Crippen LogP contribution in [0.4, 0.5) is 5.13 Å². The molecular formula is C20H19N3O2S. The standard InChI is InChI=1S/C20H19N3O2S/c1-23-11-10-17-18(13-23)26-20(21-17)22-19(24)14-6-5-9-16(12-14)25-15-7-3-2-4-8-15/h2-9,12H,10-11,13H2,1H3,(H,21,22,24). The molecule has 1 aromatic heterocycles. The fourth-order valence-electron chi connectivity index (χ4n) is 2.87. The quantitative estimate of drug-likeness (QED) is 0.754. The zero-order valence-electron chi connectivity index (χ0n) is 14.4. The number of carbonyl (C=O) groups excluding carboxylic acids is 1. The van der Waals surface area contributed by atoms with Gasteiger partial charge in [-0.3, -0.25) is 10.1 Å². The van der Waals surface area contributed by atoms with E-state index in [1.165, 1.54) is 4.88 Å². The summed E-state index contributed by atoms with van der Waals surface area (Å²) in [5.74, 6) is 1.19. The van der Waals surface area contributed by atoms with E-state index in [4.69, 9.17) is 4.74 Å². The Morgan fingerprint density at radius 1 is 1.15 bits per heavy atom. The molecule has 0 saturated heterocycles. The molecule has 2 aromatic carbocycles. The van der Waals surface area contributed by atoms with Crippen molar-refractivity contribution in [3.05, 3.63) is 70.7 Å². The molecule has 0 bridgehead atoms. The van der Waals surface area contributed by atoms with Crippen LogP contribution in [0.5, 0.6) is 11.5 Å². The molecule has 0 fully saturated rings. The van der Waals surface area contributed by atoms with Crippen molar-refractivity contribution in [3.8, 4) is 11.5 Å². The molecule has 0 aliphatic carbocycles. The van der Waals surface area contributed by atoms with Gasteiger partial charge in [0.15, 0.2) is 5.13 Å². The van der Waals surface area contributed by atoms with Crippen LogP contribution in [-0.2, 0) is 13.0 Å². The number of hydrogen-bond donors (Lipinski definition) is 1. The SMILES string of the molecule is CN1CCc2nc(NC(=O)c3cccc(Oc4ccccc4)c3)sc2C1. The normalized spacial score (nSPS) is 13.9. The molecule has 1 aliphatic rings. The number of para-hydroxylation sites is 1. The molecular weight excluding hydrogens is 346 g/mol. The number of benzene rings is 2. The van der Waals surface area contributed by atoms with Crippen LogP contribution < -0.4 is 10.1 Å². The number of amides is 1. The summed E-state index contributed by atoms with van der Waals surface area (Å²) in [4.78, 5) is 20.6. The highest BCUT2D eigenvalue weighted by molar-refractivity contribution is 7.15. The van der Waals surface area contributed by atoms with Crippen LogP contribution in [0.1, 0.15) is 20.9 Å². The number of ether oxygens (including phenoxy) is 1. The number of fused-ring (bicyclic) bond motifs is 1. The van der Waals surface area contributed by atoms with Crippen LogP contribution in [0.3, 0.4) is 0 Å². The summed E-state index contributed by atoms with van der Waals surface area (Å²) in [7, 11) is 2.10. The summed E-state index contributed by atoms with van der Waals surface area (Å²) in [6.07, 6.45) is 0.929. The second-order valence-corrected chi connectivity index (χ2v) is 7.36. The molecule has 1 aliphatic heterocycles. The fourth-order valence-corrected chi connectivity index (χ4v) is 3.95. The van der Waals surface area contributed by atoms with E-state index >= 15 is 0 Å². The third-order valence-electron chi connectivity index (χ3n) is 4.22. The highest BCUT2D eigenvalue weighted by Crippen LogP contribution is 2.28. The highest BCUT2D eigenvalue weighted by atomic mass is 32.1. The van der Waals surface area contributed by atoms with E-state index in [0.717, 1.165) is 31.0 Å². The van der Waals surface area contributed by atoms with Crippen molar-refractivity contribution in [2.45, 2.75) is 13.0 Å². The van der Waals surface area contributed by atoms with Gasteiger partial charge in [0.05, 0.1) is 5.69 Å². The largest absolute Gasteiger partial charge is 0.457 e. The molecule has 0 unspecified atom stereocenters. The predicted molar refractivity (Wildman–Crippen MR) is 103 cm³/mol. The van der Waals surface area contributed by atoms with E-state index in [0.29, 0.717) is 16.4 Å². The number of nitrogens with zero attached hydrogens (tertiary/aromatic N) is 2. The van der Waals surface area contributed by atoms with Crippen molar-refractivity contribution < 1.29 is 9.53 Å². The minimum atomic E-state index is -0.178. The summed E-state index contributed by atoms with van der Waals surface area (Å²) >= 11 is 1.55. The third kappa shape index (κ3) is 3.76. The number of aromatic nitrogens is 1. The molecule has 1 N–H and O–H groups in total. The topological polar surface area (TPSA) is 54.5 Å². The first kappa shape index (κ1) is 16.8. The van der Waals surface area contributed by atoms with Crippen molar-refractivity contribution in [1.82, 2.24) is 9.88 Å². The Hall–Kier alpha value is -2.70. The Morgan fingerprint density at radius 2 is 1.96 bits per heavy atom. The monoisotopic (exact) mass is 365 g/mol. The predicted octanol–water partition coefficient (Wildman–Crippen LogP) is 4.18. The Kier molecular flexibility index (Phi) is 4.69. The van der Waals surface area contributed by atoms with Gasteiger partial charge < -0.3 is 9.64 Å². The number of rotatable bonds is 4. The molecule has 0 saturated carbocycles. The number of likely N-dealkylation sites (N-methyl/N-ethyl adjacent to an activating group) is 1. The van der Waals surface area contributed by atoms with Crippen molar-refractivity contribution in [2.24, 2.45) is 0 Å². The average molecular weight is 365 g/mol. The molecule has 1 amide bonds. The molecule has 3 aromatic rings. The average Bonchev–Trinajstić information content (AvgIpc) is 3.04. The van der Waals surface area contributed by atoms with Crippen molar-refractivity contribution in [1.29, 1.82) is 0 Å². The Labute approximate surface area is 156 Å². The number of carbonyl (C=O) groups is 1. The fraction of sp³-hybridized carbons (Fsp3) is 0.200. The maximum atomic E-state index is 12.6. The van der Waals surface area contributed by atoms with Gasteiger partial charge in [0.2, 0.25) is 0 Å². The lowest BCUT2D eigenvalue weighted by Crippen LogP contribution is -2.25. The van der Waals surface area contributed by atoms with Gasteiger partial charge in [0.25, 0.3) is 5.91 Å². The van der Waals surface area contributed by atoms with Crippen LogP contribution in [0.15, 0.2) is 54.6 Å². The van der Waals surface area contributed by atoms with E-state index < -0.39 is 0 Å². The van der Waals surface area contributed by atoms with E-state index in [9.17, 15) is 4.79 Å². The highest BCUT2D eigenvalue weighted by Gasteiger charge is 2.19. The molecule has 0 spiro atoms. The molecule has 2 heterocycles. The third-order valence-corrected chi connectivity index (χ3v) is 5.22. The summed E-state index contributed by atoms with van der Waals surface area (Å²) < 4.78 is 5.80. The Morgan fingerprint density at radius 3 is 2.81 bits per heavy atom. The van der Waals surface area contributed by atoms with E-state index in [2.05, 4.69) is 22.2 Å². The molecule has 0 atom stereocenters. The second kappa shape index (κ2) is 7.27. The zero-order chi connectivity index (χ0) is 17.9. The maximum Gasteiger partial charge on any atom is 0.257 e. The van der Waals surface area contributed by atoms with Crippen LogP contribution in [0, 0.1) is 0 Å². The molecule has 26 heavy (non-hydrogen) atoms. The van der Waals surface area contributed by atoms with Gasteiger partial charge in [-0.1, -0.05) is 24.3 Å². The minimum Gasteiger partial charge on any atom is -0.457 e. The Bertz CT molecular complexity index is 924. The summed E-state index contributed by atoms with van der Waals surface area (Å²) in [6, 6.07) is 16.7. The lowest BCUT2D eigenvalue weighted by Gasteiger charge is -2.20. The van der Waals surface area contributed by atoms with Crippen LogP contribution in [0.2, 0.25) is 0 Å². The summed E-state index contributed by atoms with van der Waals surface area (Å²) in [6.45, 7) is 1.90. The zero-order valence-corrected chi connectivity index (χ0v) is 15.3. The van der Waals surface area contributed by atoms with E-state index in [-0.39, 0.29) is 5.91 Å². The number of thiazole rings is 1. The maximum absolute atomic E-state index is 12.6. The molecule has 5 nitrogen and oxygen atoms in total. The van der Waals surface area contributed by atoms with Gasteiger partial charge in [0, 0.05) is 30.0 Å². The number of anilines is 1. The van der Waals surface area contributed by atoms with Crippen molar-refractivity contribution in [2.75, 3.05) is 18.9 Å². The molecule has 4 rings (SSSR count). The second-order valence-electron chi connectivity index (χ2n) is 6.27.